The van der Waals surface area contributed by atoms with Crippen LogP contribution in [0, 0.1) is 0 Å². The molecule has 88 valence electrons. The predicted molar refractivity (Wildman–Crippen MR) is 69.5 cm³/mol. The van der Waals surface area contributed by atoms with Crippen molar-refractivity contribution in [2.45, 2.75) is 13.3 Å². The first-order valence-electron chi connectivity index (χ1n) is 6.01. The number of halogens is 1. The number of hydrogen-bond donors (Lipinski definition) is 0. The van der Waals surface area contributed by atoms with Crippen molar-refractivity contribution >= 4 is 11.6 Å². The van der Waals surface area contributed by atoms with Gasteiger partial charge >= 0.3 is 0 Å². The molecular formula is C13H19ClN2. The molecule has 3 heteroatoms. The maximum absolute atomic E-state index is 5.99. The highest BCUT2D eigenvalue weighted by atomic mass is 35.5. The third-order valence-electron chi connectivity index (χ3n) is 3.24. The van der Waals surface area contributed by atoms with E-state index in [9.17, 15) is 0 Å². The van der Waals surface area contributed by atoms with E-state index in [0.717, 1.165) is 31.1 Å². The zero-order valence-electron chi connectivity index (χ0n) is 9.82. The van der Waals surface area contributed by atoms with Gasteiger partial charge in [0.15, 0.2) is 0 Å². The Morgan fingerprint density at radius 3 is 2.56 bits per heavy atom. The third kappa shape index (κ3) is 2.89. The fourth-order valence-corrected chi connectivity index (χ4v) is 2.30. The van der Waals surface area contributed by atoms with Crippen LogP contribution in [0.2, 0.25) is 0 Å². The summed E-state index contributed by atoms with van der Waals surface area (Å²) in [7, 11) is 0. The summed E-state index contributed by atoms with van der Waals surface area (Å²) in [4.78, 5) is 4.94. The molecule has 1 aliphatic carbocycles. The van der Waals surface area contributed by atoms with E-state index in [4.69, 9.17) is 11.6 Å². The standard InChI is InChI=1S/C13H19ClN2/c1-2-15-8-10-16(11-9-15)13-5-3-4-12(14)6-7-13/h4-7H,2-3,8-11H2,1H3. The molecule has 0 bridgehead atoms. The molecule has 0 spiro atoms. The first-order valence-corrected chi connectivity index (χ1v) is 6.38. The van der Waals surface area contributed by atoms with Crippen molar-refractivity contribution in [1.29, 1.82) is 0 Å². The summed E-state index contributed by atoms with van der Waals surface area (Å²) in [5.41, 5.74) is 1.32. The maximum Gasteiger partial charge on any atom is 0.0370 e. The van der Waals surface area contributed by atoms with Crippen molar-refractivity contribution in [3.05, 3.63) is 35.0 Å². The minimum Gasteiger partial charge on any atom is -0.369 e. The largest absolute Gasteiger partial charge is 0.369 e. The summed E-state index contributed by atoms with van der Waals surface area (Å²) < 4.78 is 0. The molecule has 1 saturated heterocycles. The van der Waals surface area contributed by atoms with Crippen LogP contribution in [0.5, 0.6) is 0 Å². The Morgan fingerprint density at radius 1 is 1.12 bits per heavy atom. The molecule has 0 radical (unpaired) electrons. The van der Waals surface area contributed by atoms with E-state index in [0.29, 0.717) is 0 Å². The fourth-order valence-electron chi connectivity index (χ4n) is 2.15. The van der Waals surface area contributed by atoms with Crippen LogP contribution in [-0.4, -0.2) is 42.5 Å². The van der Waals surface area contributed by atoms with E-state index in [1.807, 2.05) is 12.2 Å². The van der Waals surface area contributed by atoms with Crippen molar-refractivity contribution in [2.24, 2.45) is 0 Å². The average Bonchev–Trinajstić information content (AvgIpc) is 2.54. The van der Waals surface area contributed by atoms with E-state index >= 15 is 0 Å². The van der Waals surface area contributed by atoms with Crippen LogP contribution in [-0.2, 0) is 0 Å². The van der Waals surface area contributed by atoms with Crippen LogP contribution >= 0.6 is 11.6 Å². The number of hydrogen-bond acceptors (Lipinski definition) is 2. The van der Waals surface area contributed by atoms with Crippen molar-refractivity contribution in [3.63, 3.8) is 0 Å². The zero-order chi connectivity index (χ0) is 11.4. The third-order valence-corrected chi connectivity index (χ3v) is 3.52. The number of likely N-dealkylation sites (N-methyl/N-ethyl adjacent to an activating group) is 1. The van der Waals surface area contributed by atoms with Crippen LogP contribution < -0.4 is 0 Å². The summed E-state index contributed by atoms with van der Waals surface area (Å²) in [6.07, 6.45) is 9.37. The Hall–Kier alpha value is -0.730. The highest BCUT2D eigenvalue weighted by Gasteiger charge is 2.16. The minimum atomic E-state index is 0.846. The molecule has 0 unspecified atom stereocenters. The van der Waals surface area contributed by atoms with Gasteiger partial charge in [0.2, 0.25) is 0 Å². The summed E-state index contributed by atoms with van der Waals surface area (Å²) in [5, 5.41) is 0.846. The second kappa shape index (κ2) is 5.55. The van der Waals surface area contributed by atoms with Crippen molar-refractivity contribution in [3.8, 4) is 0 Å². The van der Waals surface area contributed by atoms with Gasteiger partial charge < -0.3 is 9.80 Å². The van der Waals surface area contributed by atoms with Crippen LogP contribution in [0.25, 0.3) is 0 Å². The predicted octanol–water partition coefficient (Wildman–Crippen LogP) is 2.59. The fraction of sp³-hybridized carbons (Fsp3) is 0.538. The normalized spacial score (nSPS) is 22.8. The number of rotatable bonds is 2. The Balaban J connectivity index is 1.95. The molecule has 2 nitrogen and oxygen atoms in total. The SMILES string of the molecule is CCN1CCN(C2=CCC=C(Cl)C=C2)CC1. The second-order valence-electron chi connectivity index (χ2n) is 4.21. The van der Waals surface area contributed by atoms with Gasteiger partial charge in [-0.25, -0.2) is 0 Å². The molecule has 0 saturated carbocycles. The van der Waals surface area contributed by atoms with Crippen molar-refractivity contribution < 1.29 is 0 Å². The lowest BCUT2D eigenvalue weighted by Gasteiger charge is -2.36. The molecule has 1 aliphatic heterocycles. The lowest BCUT2D eigenvalue weighted by Crippen LogP contribution is -2.45. The van der Waals surface area contributed by atoms with E-state index in [1.54, 1.807) is 0 Å². The summed E-state index contributed by atoms with van der Waals surface area (Å²) in [6, 6.07) is 0. The first-order chi connectivity index (χ1) is 7.79. The van der Waals surface area contributed by atoms with Gasteiger partial charge in [-0.15, -0.1) is 0 Å². The Kier molecular flexibility index (Phi) is 4.08. The van der Waals surface area contributed by atoms with Gasteiger partial charge in [0, 0.05) is 36.9 Å². The van der Waals surface area contributed by atoms with E-state index in [-0.39, 0.29) is 0 Å². The summed E-state index contributed by atoms with van der Waals surface area (Å²) in [6.45, 7) is 7.98. The monoisotopic (exact) mass is 238 g/mol. The number of piperazine rings is 1. The Labute approximate surface area is 103 Å². The van der Waals surface area contributed by atoms with Gasteiger partial charge in [0.25, 0.3) is 0 Å². The highest BCUT2D eigenvalue weighted by molar-refractivity contribution is 6.31. The number of nitrogens with zero attached hydrogens (tertiary/aromatic N) is 2. The Bertz CT molecular complexity index is 323. The quantitative estimate of drug-likeness (QED) is 0.730. The van der Waals surface area contributed by atoms with Gasteiger partial charge in [-0.2, -0.15) is 0 Å². The molecule has 0 atom stereocenters. The molecule has 0 aromatic rings. The van der Waals surface area contributed by atoms with Crippen LogP contribution in [0.3, 0.4) is 0 Å². The van der Waals surface area contributed by atoms with Crippen molar-refractivity contribution in [2.75, 3.05) is 32.7 Å². The lowest BCUT2D eigenvalue weighted by molar-refractivity contribution is 0.168. The molecular weight excluding hydrogens is 220 g/mol. The van der Waals surface area contributed by atoms with Crippen LogP contribution in [0.4, 0.5) is 0 Å². The first kappa shape index (κ1) is 11.7. The van der Waals surface area contributed by atoms with E-state index in [2.05, 4.69) is 28.9 Å². The topological polar surface area (TPSA) is 6.48 Å². The maximum atomic E-state index is 5.99. The summed E-state index contributed by atoms with van der Waals surface area (Å²) in [5.74, 6) is 0. The molecule has 2 rings (SSSR count). The molecule has 1 heterocycles. The Morgan fingerprint density at radius 2 is 1.88 bits per heavy atom. The molecule has 0 aromatic heterocycles. The van der Waals surface area contributed by atoms with Gasteiger partial charge in [0.05, 0.1) is 0 Å². The molecule has 16 heavy (non-hydrogen) atoms. The molecule has 1 fully saturated rings. The van der Waals surface area contributed by atoms with Gasteiger partial charge in [0.1, 0.15) is 0 Å². The van der Waals surface area contributed by atoms with Gasteiger partial charge in [-0.1, -0.05) is 30.7 Å². The van der Waals surface area contributed by atoms with Gasteiger partial charge in [-0.05, 0) is 25.1 Å². The van der Waals surface area contributed by atoms with Crippen LogP contribution in [0.15, 0.2) is 35.0 Å². The summed E-state index contributed by atoms with van der Waals surface area (Å²) >= 11 is 5.99. The van der Waals surface area contributed by atoms with E-state index in [1.165, 1.54) is 18.8 Å². The molecule has 2 aliphatic rings. The lowest BCUT2D eigenvalue weighted by atomic mass is 10.2. The smallest absolute Gasteiger partial charge is 0.0370 e. The zero-order valence-corrected chi connectivity index (χ0v) is 10.6. The van der Waals surface area contributed by atoms with Crippen molar-refractivity contribution in [1.82, 2.24) is 9.80 Å². The second-order valence-corrected chi connectivity index (χ2v) is 4.64. The van der Waals surface area contributed by atoms with Gasteiger partial charge in [-0.3, -0.25) is 0 Å². The highest BCUT2D eigenvalue weighted by Crippen LogP contribution is 2.17. The van der Waals surface area contributed by atoms with E-state index < -0.39 is 0 Å². The molecule has 0 amide bonds. The number of allylic oxidation sites excluding steroid dienone is 5. The molecule has 0 N–H and O–H groups in total. The average molecular weight is 239 g/mol. The minimum absolute atomic E-state index is 0.846. The molecule has 0 aromatic carbocycles. The van der Waals surface area contributed by atoms with Crippen LogP contribution in [0.1, 0.15) is 13.3 Å².